The standard InChI is InChI=1S/C20H20ClN3O3S/c1-13(2)24(3)28(26,27)15-9-10-17(21)16(12-15)20(25)23-19-11-8-14-6-4-5-7-18(14)22-19/h4-13H,1-3H3,(H,22,23,25). The molecule has 0 saturated carbocycles. The minimum atomic E-state index is -3.73. The molecule has 0 spiro atoms. The van der Waals surface area contributed by atoms with Crippen molar-refractivity contribution >= 4 is 44.3 Å². The molecule has 0 fully saturated rings. The molecular weight excluding hydrogens is 398 g/mol. The van der Waals surface area contributed by atoms with Crippen LogP contribution in [0.2, 0.25) is 5.02 Å². The average Bonchev–Trinajstić information content (AvgIpc) is 2.67. The second-order valence-corrected chi connectivity index (χ2v) is 9.00. The van der Waals surface area contributed by atoms with Crippen molar-refractivity contribution in [2.45, 2.75) is 24.8 Å². The summed E-state index contributed by atoms with van der Waals surface area (Å²) >= 11 is 6.15. The molecule has 1 amide bonds. The van der Waals surface area contributed by atoms with E-state index in [4.69, 9.17) is 11.6 Å². The van der Waals surface area contributed by atoms with Crippen LogP contribution in [0.5, 0.6) is 0 Å². The molecule has 0 unspecified atom stereocenters. The van der Waals surface area contributed by atoms with E-state index in [0.29, 0.717) is 5.82 Å². The highest BCUT2D eigenvalue weighted by Gasteiger charge is 2.25. The molecule has 1 N–H and O–H groups in total. The number of benzene rings is 2. The van der Waals surface area contributed by atoms with Gasteiger partial charge in [-0.1, -0.05) is 29.8 Å². The number of halogens is 1. The van der Waals surface area contributed by atoms with E-state index in [-0.39, 0.29) is 21.5 Å². The fourth-order valence-electron chi connectivity index (χ4n) is 2.60. The van der Waals surface area contributed by atoms with Gasteiger partial charge in [0.15, 0.2) is 0 Å². The van der Waals surface area contributed by atoms with Crippen LogP contribution in [0.4, 0.5) is 5.82 Å². The molecule has 6 nitrogen and oxygen atoms in total. The molecule has 3 rings (SSSR count). The molecule has 3 aromatic rings. The summed E-state index contributed by atoms with van der Waals surface area (Å²) in [6.45, 7) is 3.54. The van der Waals surface area contributed by atoms with Gasteiger partial charge in [0.1, 0.15) is 5.82 Å². The third-order valence-corrected chi connectivity index (χ3v) is 6.79. The van der Waals surface area contributed by atoms with Crippen molar-refractivity contribution in [2.75, 3.05) is 12.4 Å². The van der Waals surface area contributed by atoms with Crippen LogP contribution in [-0.2, 0) is 10.0 Å². The summed E-state index contributed by atoms with van der Waals surface area (Å²) in [6.07, 6.45) is 0. The van der Waals surface area contributed by atoms with Crippen molar-refractivity contribution in [2.24, 2.45) is 0 Å². The topological polar surface area (TPSA) is 79.4 Å². The van der Waals surface area contributed by atoms with E-state index in [1.165, 1.54) is 29.6 Å². The Morgan fingerprint density at radius 2 is 1.82 bits per heavy atom. The quantitative estimate of drug-likeness (QED) is 0.675. The predicted octanol–water partition coefficient (Wildman–Crippen LogP) is 4.17. The first-order valence-electron chi connectivity index (χ1n) is 8.65. The number of fused-ring (bicyclic) bond motifs is 1. The minimum absolute atomic E-state index is 0.00437. The number of carbonyl (C=O) groups is 1. The average molecular weight is 418 g/mol. The van der Waals surface area contributed by atoms with Crippen molar-refractivity contribution in [3.8, 4) is 0 Å². The highest BCUT2D eigenvalue weighted by atomic mass is 35.5. The summed E-state index contributed by atoms with van der Waals surface area (Å²) < 4.78 is 26.6. The highest BCUT2D eigenvalue weighted by Crippen LogP contribution is 2.24. The first kappa shape index (κ1) is 20.3. The second kappa shape index (κ2) is 7.87. The summed E-state index contributed by atoms with van der Waals surface area (Å²) in [5.74, 6) is -0.177. The number of hydrogen-bond acceptors (Lipinski definition) is 4. The van der Waals surface area contributed by atoms with Crippen LogP contribution >= 0.6 is 11.6 Å². The first-order valence-corrected chi connectivity index (χ1v) is 10.5. The fourth-order valence-corrected chi connectivity index (χ4v) is 4.20. The maximum atomic E-state index is 12.7. The van der Waals surface area contributed by atoms with Crippen molar-refractivity contribution in [3.63, 3.8) is 0 Å². The van der Waals surface area contributed by atoms with Crippen LogP contribution in [0.15, 0.2) is 59.5 Å². The predicted molar refractivity (Wildman–Crippen MR) is 111 cm³/mol. The van der Waals surface area contributed by atoms with Gasteiger partial charge in [0.05, 0.1) is 21.0 Å². The number of nitrogens with one attached hydrogen (secondary N) is 1. The van der Waals surface area contributed by atoms with Gasteiger partial charge < -0.3 is 5.32 Å². The van der Waals surface area contributed by atoms with E-state index in [1.807, 2.05) is 30.3 Å². The SMILES string of the molecule is CC(C)N(C)S(=O)(=O)c1ccc(Cl)c(C(=O)Nc2ccc3ccccc3n2)c1. The van der Waals surface area contributed by atoms with Gasteiger partial charge in [-0.2, -0.15) is 4.31 Å². The van der Waals surface area contributed by atoms with Crippen LogP contribution < -0.4 is 5.32 Å². The van der Waals surface area contributed by atoms with Crippen LogP contribution in [-0.4, -0.2) is 36.7 Å². The van der Waals surface area contributed by atoms with Gasteiger partial charge in [-0.05, 0) is 50.2 Å². The van der Waals surface area contributed by atoms with Crippen molar-refractivity contribution in [1.29, 1.82) is 0 Å². The third kappa shape index (κ3) is 4.01. The van der Waals surface area contributed by atoms with E-state index >= 15 is 0 Å². The van der Waals surface area contributed by atoms with E-state index in [2.05, 4.69) is 10.3 Å². The first-order chi connectivity index (χ1) is 13.2. The number of carbonyl (C=O) groups excluding carboxylic acids is 1. The van der Waals surface area contributed by atoms with Gasteiger partial charge in [-0.15, -0.1) is 0 Å². The monoisotopic (exact) mass is 417 g/mol. The zero-order valence-electron chi connectivity index (χ0n) is 15.7. The number of sulfonamides is 1. The second-order valence-electron chi connectivity index (χ2n) is 6.60. The molecule has 0 atom stereocenters. The Labute approximate surface area is 169 Å². The smallest absolute Gasteiger partial charge is 0.258 e. The molecule has 0 aliphatic carbocycles. The molecule has 1 aromatic heterocycles. The molecular formula is C20H20ClN3O3S. The molecule has 0 radical (unpaired) electrons. The highest BCUT2D eigenvalue weighted by molar-refractivity contribution is 7.89. The van der Waals surface area contributed by atoms with Gasteiger partial charge in [-0.25, -0.2) is 13.4 Å². The van der Waals surface area contributed by atoms with Crippen LogP contribution in [0.1, 0.15) is 24.2 Å². The molecule has 0 aliphatic heterocycles. The van der Waals surface area contributed by atoms with Crippen LogP contribution in [0.3, 0.4) is 0 Å². The zero-order valence-corrected chi connectivity index (χ0v) is 17.3. The molecule has 1 heterocycles. The van der Waals surface area contributed by atoms with Gasteiger partial charge in [0, 0.05) is 18.5 Å². The van der Waals surface area contributed by atoms with Crippen molar-refractivity contribution in [1.82, 2.24) is 9.29 Å². The van der Waals surface area contributed by atoms with Crippen molar-refractivity contribution in [3.05, 3.63) is 65.2 Å². The number of hydrogen-bond donors (Lipinski definition) is 1. The van der Waals surface area contributed by atoms with Gasteiger partial charge >= 0.3 is 0 Å². The number of para-hydroxylation sites is 1. The zero-order chi connectivity index (χ0) is 20.5. The summed E-state index contributed by atoms with van der Waals surface area (Å²) in [4.78, 5) is 17.1. The van der Waals surface area contributed by atoms with E-state index in [0.717, 1.165) is 10.9 Å². The Morgan fingerprint density at radius 3 is 2.54 bits per heavy atom. The summed E-state index contributed by atoms with van der Waals surface area (Å²) in [7, 11) is -2.24. The van der Waals surface area contributed by atoms with Crippen LogP contribution in [0.25, 0.3) is 10.9 Å². The number of anilines is 1. The van der Waals surface area contributed by atoms with E-state index in [1.54, 1.807) is 19.9 Å². The number of rotatable bonds is 5. The molecule has 2 aromatic carbocycles. The van der Waals surface area contributed by atoms with Gasteiger partial charge in [-0.3, -0.25) is 4.79 Å². The largest absolute Gasteiger partial charge is 0.306 e. The lowest BCUT2D eigenvalue weighted by atomic mass is 10.2. The van der Waals surface area contributed by atoms with Gasteiger partial charge in [0.25, 0.3) is 5.91 Å². The van der Waals surface area contributed by atoms with E-state index < -0.39 is 15.9 Å². The Bertz CT molecular complexity index is 1150. The lowest BCUT2D eigenvalue weighted by Crippen LogP contribution is -2.33. The number of aromatic nitrogens is 1. The minimum Gasteiger partial charge on any atom is -0.306 e. The Hall–Kier alpha value is -2.48. The number of amides is 1. The summed E-state index contributed by atoms with van der Waals surface area (Å²) in [5, 5.41) is 3.78. The van der Waals surface area contributed by atoms with E-state index in [9.17, 15) is 13.2 Å². The Morgan fingerprint density at radius 1 is 1.11 bits per heavy atom. The van der Waals surface area contributed by atoms with Gasteiger partial charge in [0.2, 0.25) is 10.0 Å². The third-order valence-electron chi connectivity index (χ3n) is 4.43. The normalized spacial score (nSPS) is 11.9. The lowest BCUT2D eigenvalue weighted by molar-refractivity contribution is 0.102. The molecule has 28 heavy (non-hydrogen) atoms. The summed E-state index contributed by atoms with van der Waals surface area (Å²) in [5.41, 5.74) is 0.802. The van der Waals surface area contributed by atoms with Crippen LogP contribution in [0, 0.1) is 0 Å². The number of pyridine rings is 1. The maximum Gasteiger partial charge on any atom is 0.258 e. The maximum absolute atomic E-state index is 12.7. The summed E-state index contributed by atoms with van der Waals surface area (Å²) in [6, 6.07) is 14.9. The molecule has 8 heteroatoms. The lowest BCUT2D eigenvalue weighted by Gasteiger charge is -2.21. The van der Waals surface area contributed by atoms with Crippen molar-refractivity contribution < 1.29 is 13.2 Å². The Kier molecular flexibility index (Phi) is 5.69. The fraction of sp³-hybridized carbons (Fsp3) is 0.200. The molecule has 0 aliphatic rings. The molecule has 0 bridgehead atoms. The Balaban J connectivity index is 1.93. The number of nitrogens with zero attached hydrogens (tertiary/aromatic N) is 2. The molecule has 0 saturated heterocycles. The molecule has 146 valence electrons.